The number of hydrogen-bond acceptors (Lipinski definition) is 9. The van der Waals surface area contributed by atoms with Gasteiger partial charge in [0.25, 0.3) is 5.91 Å². The number of nitrogens with zero attached hydrogens (tertiary/aromatic N) is 2. The van der Waals surface area contributed by atoms with Gasteiger partial charge in [-0.15, -0.1) is 0 Å². The van der Waals surface area contributed by atoms with Crippen LogP contribution in [0.25, 0.3) is 0 Å². The molecule has 2 aliphatic heterocycles. The molecule has 8 rings (SSSR count). The van der Waals surface area contributed by atoms with Crippen molar-refractivity contribution in [3.05, 3.63) is 165 Å². The molecular weight excluding hydrogens is 744 g/mol. The largest absolute Gasteiger partial charge is 0.632 e. The van der Waals surface area contributed by atoms with Gasteiger partial charge in [0.1, 0.15) is 30.4 Å². The zero-order valence-corrected chi connectivity index (χ0v) is 33.3. The van der Waals surface area contributed by atoms with Crippen LogP contribution in [0.1, 0.15) is 82.9 Å². The van der Waals surface area contributed by atoms with Crippen molar-refractivity contribution < 1.29 is 23.7 Å². The fraction of sp³-hybridized carbons (Fsp3) is 0.341. The van der Waals surface area contributed by atoms with Crippen molar-refractivity contribution in [2.24, 2.45) is 0 Å². The summed E-state index contributed by atoms with van der Waals surface area (Å²) in [4.78, 5) is 45.1. The molecule has 2 saturated heterocycles. The van der Waals surface area contributed by atoms with Crippen LogP contribution < -0.4 is 21.0 Å². The summed E-state index contributed by atoms with van der Waals surface area (Å²) in [6.45, 7) is 4.66. The molecule has 3 heterocycles. The van der Waals surface area contributed by atoms with Crippen LogP contribution in [0.5, 0.6) is 0 Å². The first-order chi connectivity index (χ1) is 27.1. The van der Waals surface area contributed by atoms with Crippen LogP contribution in [-0.4, -0.2) is 45.6 Å². The van der Waals surface area contributed by atoms with Gasteiger partial charge in [-0.05, 0) is 61.6 Å². The van der Waals surface area contributed by atoms with Crippen LogP contribution in [0.2, 0.25) is 0 Å². The van der Waals surface area contributed by atoms with Crippen LogP contribution >= 0.6 is 18.5 Å². The van der Waals surface area contributed by atoms with Crippen molar-refractivity contribution in [3.8, 4) is 0 Å². The van der Waals surface area contributed by atoms with Gasteiger partial charge in [-0.3, -0.25) is 9.36 Å². The van der Waals surface area contributed by atoms with E-state index in [1.54, 1.807) is 36.5 Å². The fourth-order valence-electron chi connectivity index (χ4n) is 8.09. The van der Waals surface area contributed by atoms with Gasteiger partial charge in [-0.2, -0.15) is 10.1 Å². The fourth-order valence-corrected chi connectivity index (χ4v) is 13.7. The third-order valence-corrected chi connectivity index (χ3v) is 15.9. The minimum absolute atomic E-state index is 0.0913. The summed E-state index contributed by atoms with van der Waals surface area (Å²) in [5.74, 6) is -0.234. The number of nitrogens with one attached hydrogen (secondary N) is 2. The number of aromatic nitrogens is 2. The number of amides is 1. The number of aryl methyl sites for hydroxylation is 2. The van der Waals surface area contributed by atoms with E-state index in [0.29, 0.717) is 18.6 Å². The summed E-state index contributed by atoms with van der Waals surface area (Å²) < 4.78 is 21.4. The molecule has 1 unspecified atom stereocenters. The third kappa shape index (κ3) is 8.13. The Bertz CT molecular complexity index is 2140. The van der Waals surface area contributed by atoms with Crippen molar-refractivity contribution in [2.45, 2.75) is 81.1 Å². The predicted molar refractivity (Wildman–Crippen MR) is 219 cm³/mol. The molecule has 10 nitrogen and oxygen atoms in total. The minimum atomic E-state index is -3.34. The quantitative estimate of drug-likeness (QED) is 0.102. The van der Waals surface area contributed by atoms with E-state index in [1.807, 2.05) is 24.3 Å². The topological polar surface area (TPSA) is 127 Å². The summed E-state index contributed by atoms with van der Waals surface area (Å²) in [5.41, 5.74) is 3.95. The number of carbonyl (C=O) groups is 1. The Morgan fingerprint density at radius 2 is 1.50 bits per heavy atom. The Labute approximate surface area is 332 Å². The first-order valence-electron chi connectivity index (χ1n) is 19.3. The Morgan fingerprint density at radius 3 is 2.12 bits per heavy atom. The van der Waals surface area contributed by atoms with E-state index in [-0.39, 0.29) is 23.1 Å². The maximum atomic E-state index is 14.5. The molecule has 4 aromatic carbocycles. The van der Waals surface area contributed by atoms with Crippen molar-refractivity contribution in [2.75, 3.05) is 18.5 Å². The van der Waals surface area contributed by atoms with Crippen LogP contribution in [0, 0.1) is 13.8 Å². The van der Waals surface area contributed by atoms with E-state index in [4.69, 9.17) is 14.0 Å². The van der Waals surface area contributed by atoms with E-state index >= 15 is 0 Å². The first-order valence-corrected chi connectivity index (χ1v) is 22.4. The van der Waals surface area contributed by atoms with Crippen molar-refractivity contribution in [1.82, 2.24) is 14.6 Å². The molecule has 12 heteroatoms. The highest BCUT2D eigenvalue weighted by Crippen LogP contribution is 2.73. The highest BCUT2D eigenvalue weighted by atomic mass is 32.7. The Hall–Kier alpha value is -4.19. The first kappa shape index (κ1) is 38.7. The van der Waals surface area contributed by atoms with E-state index < -0.39 is 36.7 Å². The number of rotatable bonds is 11. The molecule has 5 aromatic rings. The molecule has 4 atom stereocenters. The van der Waals surface area contributed by atoms with Crippen LogP contribution in [0.3, 0.4) is 0 Å². The minimum Gasteiger partial charge on any atom is -0.632 e. The Morgan fingerprint density at radius 1 is 0.893 bits per heavy atom. The van der Waals surface area contributed by atoms with Gasteiger partial charge in [0.15, 0.2) is 0 Å². The van der Waals surface area contributed by atoms with Gasteiger partial charge in [0.05, 0.1) is 28.8 Å². The maximum Gasteiger partial charge on any atom is 0.351 e. The van der Waals surface area contributed by atoms with Crippen molar-refractivity contribution in [1.29, 1.82) is 0 Å². The van der Waals surface area contributed by atoms with E-state index in [0.717, 1.165) is 53.5 Å². The molecular formula is C44H47N4O6PS. The molecule has 0 bridgehead atoms. The van der Waals surface area contributed by atoms with Crippen molar-refractivity contribution >= 4 is 30.2 Å². The van der Waals surface area contributed by atoms with E-state index in [2.05, 4.69) is 89.9 Å². The molecule has 1 amide bonds. The number of anilines is 1. The summed E-state index contributed by atoms with van der Waals surface area (Å²) in [7, 11) is -3.34. The van der Waals surface area contributed by atoms with Crippen LogP contribution in [0.4, 0.5) is 5.82 Å². The normalized spacial score (nSPS) is 23.3. The second-order valence-electron chi connectivity index (χ2n) is 15.1. The molecule has 3 fully saturated rings. The lowest BCUT2D eigenvalue weighted by Gasteiger charge is -2.37. The summed E-state index contributed by atoms with van der Waals surface area (Å²) in [6, 6.07) is 36.7. The maximum absolute atomic E-state index is 14.5. The van der Waals surface area contributed by atoms with E-state index in [9.17, 15) is 14.5 Å². The molecule has 1 saturated carbocycles. The lowest BCUT2D eigenvalue weighted by Crippen LogP contribution is -2.43. The van der Waals surface area contributed by atoms with Gasteiger partial charge in [-0.25, -0.2) is 9.32 Å². The van der Waals surface area contributed by atoms with Crippen LogP contribution in [0.15, 0.2) is 126 Å². The SMILES string of the molecule is Cc1ccc(C(OC[C@H]2O[C@@H](n3ccc(NC(=O)c4ccccc4)nc3=O)C[C@@H]2N[P+]2([O-])OCC3(CCCCC3)S2)(c2ccccc2)c2ccc(C)cc2)cc1. The average molecular weight is 791 g/mol. The van der Waals surface area contributed by atoms with Gasteiger partial charge >= 0.3 is 5.69 Å². The Kier molecular flexibility index (Phi) is 11.3. The predicted octanol–water partition coefficient (Wildman–Crippen LogP) is 7.87. The third-order valence-electron chi connectivity index (χ3n) is 11.1. The number of benzene rings is 4. The zero-order valence-electron chi connectivity index (χ0n) is 31.6. The van der Waals surface area contributed by atoms with Crippen LogP contribution in [-0.2, 0) is 19.6 Å². The molecule has 1 aromatic heterocycles. The smallest absolute Gasteiger partial charge is 0.351 e. The molecule has 1 aliphatic carbocycles. The Balaban J connectivity index is 1.12. The highest BCUT2D eigenvalue weighted by molar-refractivity contribution is 8.59. The lowest BCUT2D eigenvalue weighted by molar-refractivity contribution is -0.188. The molecule has 290 valence electrons. The van der Waals surface area contributed by atoms with Gasteiger partial charge in [-0.1, -0.05) is 127 Å². The highest BCUT2D eigenvalue weighted by Gasteiger charge is 2.56. The second-order valence-corrected chi connectivity index (χ2v) is 19.7. The average Bonchev–Trinajstić information content (AvgIpc) is 3.76. The number of ether oxygens (including phenoxy) is 2. The summed E-state index contributed by atoms with van der Waals surface area (Å²) in [6.07, 6.45) is 5.81. The van der Waals surface area contributed by atoms with Gasteiger partial charge < -0.3 is 19.7 Å². The standard InChI is InChI=1S/C44H47N4O6PS/c1-31-16-20-35(21-17-31)44(34-14-8-4-9-15-34,36-22-18-32(2)19-23-36)52-29-38-37(47-55(51)53-30-43(56-55)25-10-5-11-26-43)28-40(54-38)48-27-24-39(46-42(48)50)45-41(49)33-12-6-3-7-13-33/h3-4,6-9,12-24,27,37-38,40H,5,10-11,25-26,28-30H2,1-2H3,(H,47,51)(H,45,46,49,50)/t37-,38+,40+,55?/m0/s1. The molecule has 56 heavy (non-hydrogen) atoms. The van der Waals surface area contributed by atoms with E-state index in [1.165, 1.54) is 22.4 Å². The lowest BCUT2D eigenvalue weighted by atomic mass is 9.79. The number of hydrogen-bond donors (Lipinski definition) is 2. The monoisotopic (exact) mass is 790 g/mol. The summed E-state index contributed by atoms with van der Waals surface area (Å²) in [5, 5.41) is 6.13. The molecule has 2 N–H and O–H groups in total. The zero-order chi connectivity index (χ0) is 38.8. The summed E-state index contributed by atoms with van der Waals surface area (Å²) >= 11 is 1.45. The molecule has 1 spiro atoms. The molecule has 3 aliphatic rings. The van der Waals surface area contributed by atoms with Crippen molar-refractivity contribution in [3.63, 3.8) is 0 Å². The van der Waals surface area contributed by atoms with Gasteiger partial charge in [0, 0.05) is 18.2 Å². The second kappa shape index (κ2) is 16.3. The molecule has 0 radical (unpaired) electrons. The number of carbonyl (C=O) groups excluding carboxylic acids is 1. The van der Waals surface area contributed by atoms with Gasteiger partial charge in [0.2, 0.25) is 7.07 Å².